The number of carbonyl (C=O) groups is 1. The SMILES string of the molecule is Cc1nn(-c2ccc(F)cc2F)c(C)c1C(=O)N1CCC(C(O)c2ccc(F)cc2)CC1. The van der Waals surface area contributed by atoms with Crippen molar-refractivity contribution >= 4 is 5.91 Å². The number of aryl methyl sites for hydroxylation is 1. The van der Waals surface area contributed by atoms with E-state index in [1.165, 1.54) is 22.9 Å². The summed E-state index contributed by atoms with van der Waals surface area (Å²) >= 11 is 0. The molecule has 1 aliphatic heterocycles. The van der Waals surface area contributed by atoms with E-state index in [0.29, 0.717) is 48.4 Å². The van der Waals surface area contributed by atoms with Crippen LogP contribution in [0, 0.1) is 37.2 Å². The van der Waals surface area contributed by atoms with Crippen molar-refractivity contribution in [3.05, 3.63) is 82.4 Å². The van der Waals surface area contributed by atoms with Crippen LogP contribution < -0.4 is 0 Å². The summed E-state index contributed by atoms with van der Waals surface area (Å²) in [7, 11) is 0. The van der Waals surface area contributed by atoms with Crippen LogP contribution in [0.2, 0.25) is 0 Å². The van der Waals surface area contributed by atoms with Crippen molar-refractivity contribution in [3.63, 3.8) is 0 Å². The molecule has 0 spiro atoms. The molecular weight excluding hydrogens is 419 g/mol. The molecule has 32 heavy (non-hydrogen) atoms. The molecule has 1 fully saturated rings. The van der Waals surface area contributed by atoms with Gasteiger partial charge in [-0.05, 0) is 62.4 Å². The zero-order chi connectivity index (χ0) is 23.0. The summed E-state index contributed by atoms with van der Waals surface area (Å²) in [5.74, 6) is -2.04. The van der Waals surface area contributed by atoms with Crippen LogP contribution in [-0.4, -0.2) is 38.8 Å². The van der Waals surface area contributed by atoms with Gasteiger partial charge in [0.15, 0.2) is 5.82 Å². The lowest BCUT2D eigenvalue weighted by Gasteiger charge is -2.34. The summed E-state index contributed by atoms with van der Waals surface area (Å²) in [6.45, 7) is 4.28. The molecule has 168 valence electrons. The van der Waals surface area contributed by atoms with Gasteiger partial charge < -0.3 is 10.0 Å². The third-order valence-corrected chi connectivity index (χ3v) is 6.13. The average molecular weight is 443 g/mol. The summed E-state index contributed by atoms with van der Waals surface area (Å²) in [5, 5.41) is 15.0. The van der Waals surface area contributed by atoms with Crippen molar-refractivity contribution in [1.82, 2.24) is 14.7 Å². The molecule has 2 aromatic carbocycles. The van der Waals surface area contributed by atoms with Gasteiger partial charge in [-0.2, -0.15) is 5.10 Å². The van der Waals surface area contributed by atoms with E-state index in [-0.39, 0.29) is 23.3 Å². The van der Waals surface area contributed by atoms with Crippen LogP contribution in [-0.2, 0) is 0 Å². The normalized spacial score (nSPS) is 15.8. The van der Waals surface area contributed by atoms with E-state index in [1.54, 1.807) is 30.9 Å². The van der Waals surface area contributed by atoms with E-state index in [0.717, 1.165) is 12.1 Å². The number of benzene rings is 2. The number of aliphatic hydroxyl groups excluding tert-OH is 1. The lowest BCUT2D eigenvalue weighted by atomic mass is 9.87. The molecule has 5 nitrogen and oxygen atoms in total. The Morgan fingerprint density at radius 2 is 1.66 bits per heavy atom. The van der Waals surface area contributed by atoms with Gasteiger partial charge in [0.25, 0.3) is 5.91 Å². The molecular formula is C24H24F3N3O2. The summed E-state index contributed by atoms with van der Waals surface area (Å²) in [5.41, 5.74) is 2.07. The van der Waals surface area contributed by atoms with E-state index < -0.39 is 17.7 Å². The van der Waals surface area contributed by atoms with E-state index in [9.17, 15) is 23.1 Å². The molecule has 1 saturated heterocycles. The summed E-state index contributed by atoms with van der Waals surface area (Å²) < 4.78 is 42.0. The molecule has 8 heteroatoms. The second-order valence-corrected chi connectivity index (χ2v) is 8.18. The number of likely N-dealkylation sites (tertiary alicyclic amines) is 1. The zero-order valence-electron chi connectivity index (χ0n) is 17.9. The maximum absolute atomic E-state index is 14.3. The van der Waals surface area contributed by atoms with Crippen LogP contribution in [0.5, 0.6) is 0 Å². The molecule has 4 rings (SSSR count). The van der Waals surface area contributed by atoms with Crippen molar-refractivity contribution < 1.29 is 23.1 Å². The molecule has 0 bridgehead atoms. The number of halogens is 3. The Balaban J connectivity index is 1.49. The molecule has 1 N–H and O–H groups in total. The van der Waals surface area contributed by atoms with Gasteiger partial charge in [0.05, 0.1) is 23.1 Å². The van der Waals surface area contributed by atoms with Crippen molar-refractivity contribution in [2.75, 3.05) is 13.1 Å². The topological polar surface area (TPSA) is 58.4 Å². The van der Waals surface area contributed by atoms with E-state index in [1.807, 2.05) is 0 Å². The Hall–Kier alpha value is -3.13. The van der Waals surface area contributed by atoms with Crippen molar-refractivity contribution in [2.24, 2.45) is 5.92 Å². The van der Waals surface area contributed by atoms with Gasteiger partial charge in [-0.1, -0.05) is 12.1 Å². The molecule has 0 saturated carbocycles. The largest absolute Gasteiger partial charge is 0.388 e. The molecule has 1 aromatic heterocycles. The maximum atomic E-state index is 14.3. The number of aromatic nitrogens is 2. The molecule has 1 amide bonds. The predicted molar refractivity (Wildman–Crippen MR) is 113 cm³/mol. The Morgan fingerprint density at radius 1 is 1.03 bits per heavy atom. The Bertz CT molecular complexity index is 1140. The highest BCUT2D eigenvalue weighted by molar-refractivity contribution is 5.96. The van der Waals surface area contributed by atoms with Gasteiger partial charge in [0.2, 0.25) is 0 Å². The number of carbonyl (C=O) groups excluding carboxylic acids is 1. The first kappa shape index (κ1) is 22.1. The zero-order valence-corrected chi connectivity index (χ0v) is 17.9. The fourth-order valence-corrected chi connectivity index (χ4v) is 4.35. The third-order valence-electron chi connectivity index (χ3n) is 6.13. The fraction of sp³-hybridized carbons (Fsp3) is 0.333. The van der Waals surface area contributed by atoms with Gasteiger partial charge in [-0.25, -0.2) is 17.9 Å². The Labute approximate surface area is 184 Å². The molecule has 1 unspecified atom stereocenters. The number of amides is 1. The van der Waals surface area contributed by atoms with Crippen molar-refractivity contribution in [1.29, 1.82) is 0 Å². The minimum Gasteiger partial charge on any atom is -0.388 e. The van der Waals surface area contributed by atoms with Crippen LogP contribution in [0.15, 0.2) is 42.5 Å². The highest BCUT2D eigenvalue weighted by Crippen LogP contribution is 2.32. The lowest BCUT2D eigenvalue weighted by molar-refractivity contribution is 0.0461. The van der Waals surface area contributed by atoms with Crippen LogP contribution in [0.4, 0.5) is 13.2 Å². The molecule has 2 heterocycles. The molecule has 3 aromatic rings. The molecule has 0 radical (unpaired) electrons. The maximum Gasteiger partial charge on any atom is 0.257 e. The quantitative estimate of drug-likeness (QED) is 0.646. The minimum atomic E-state index is -0.759. The lowest BCUT2D eigenvalue weighted by Crippen LogP contribution is -2.40. The fourth-order valence-electron chi connectivity index (χ4n) is 4.35. The van der Waals surface area contributed by atoms with Crippen molar-refractivity contribution in [3.8, 4) is 5.69 Å². The van der Waals surface area contributed by atoms with Gasteiger partial charge >= 0.3 is 0 Å². The van der Waals surface area contributed by atoms with Gasteiger partial charge in [0, 0.05) is 19.2 Å². The van der Waals surface area contributed by atoms with Crippen LogP contribution in [0.25, 0.3) is 5.69 Å². The predicted octanol–water partition coefficient (Wildman–Crippen LogP) is 4.49. The number of aliphatic hydroxyl groups is 1. The smallest absolute Gasteiger partial charge is 0.257 e. The molecule has 1 atom stereocenters. The monoisotopic (exact) mass is 443 g/mol. The van der Waals surface area contributed by atoms with Gasteiger partial charge in [0.1, 0.15) is 17.3 Å². The molecule has 0 aliphatic carbocycles. The summed E-state index contributed by atoms with van der Waals surface area (Å²) in [4.78, 5) is 14.9. The van der Waals surface area contributed by atoms with E-state index >= 15 is 0 Å². The molecule has 1 aliphatic rings. The highest BCUT2D eigenvalue weighted by atomic mass is 19.1. The van der Waals surface area contributed by atoms with Crippen molar-refractivity contribution in [2.45, 2.75) is 32.8 Å². The van der Waals surface area contributed by atoms with Gasteiger partial charge in [-0.3, -0.25) is 4.79 Å². The van der Waals surface area contributed by atoms with Crippen LogP contribution in [0.1, 0.15) is 46.3 Å². The minimum absolute atomic E-state index is 0.0391. The number of piperidine rings is 1. The third kappa shape index (κ3) is 4.14. The van der Waals surface area contributed by atoms with Crippen LogP contribution in [0.3, 0.4) is 0 Å². The summed E-state index contributed by atoms with van der Waals surface area (Å²) in [6, 6.07) is 9.02. The number of hydrogen-bond acceptors (Lipinski definition) is 3. The Morgan fingerprint density at radius 3 is 2.28 bits per heavy atom. The second-order valence-electron chi connectivity index (χ2n) is 8.18. The highest BCUT2D eigenvalue weighted by Gasteiger charge is 2.31. The van der Waals surface area contributed by atoms with E-state index in [4.69, 9.17) is 0 Å². The first-order valence-corrected chi connectivity index (χ1v) is 10.5. The summed E-state index contributed by atoms with van der Waals surface area (Å²) in [6.07, 6.45) is 0.479. The number of hydrogen-bond donors (Lipinski definition) is 1. The van der Waals surface area contributed by atoms with E-state index in [2.05, 4.69) is 5.10 Å². The Kier molecular flexibility index (Phi) is 6.06. The first-order chi connectivity index (χ1) is 15.3. The average Bonchev–Trinajstić information content (AvgIpc) is 3.07. The first-order valence-electron chi connectivity index (χ1n) is 10.5. The number of rotatable bonds is 4. The van der Waals surface area contributed by atoms with Crippen LogP contribution >= 0.6 is 0 Å². The standard InChI is InChI=1S/C24H24F3N3O2/c1-14-22(15(2)30(28-14)21-8-7-19(26)13-20(21)27)24(32)29-11-9-17(10-12-29)23(31)16-3-5-18(25)6-4-16/h3-8,13,17,23,31H,9-12H2,1-2H3. The van der Waals surface area contributed by atoms with Gasteiger partial charge in [-0.15, -0.1) is 0 Å². The number of nitrogens with zero attached hydrogens (tertiary/aromatic N) is 3. The second kappa shape index (κ2) is 8.78.